The van der Waals surface area contributed by atoms with E-state index in [2.05, 4.69) is 13.8 Å². The van der Waals surface area contributed by atoms with E-state index in [1.165, 1.54) is 180 Å². The topological polar surface area (TPSA) is 116 Å². The smallest absolute Gasteiger partial charge is 0.306 e. The van der Waals surface area contributed by atoms with Crippen molar-refractivity contribution in [2.75, 3.05) is 13.2 Å². The number of unbranched alkanes of at least 4 members (excludes halogenated alkanes) is 32. The first-order valence-corrected chi connectivity index (χ1v) is 23.6. The van der Waals surface area contributed by atoms with E-state index in [1.54, 1.807) is 0 Å². The highest BCUT2D eigenvalue weighted by Crippen LogP contribution is 2.16. The number of ether oxygens (including phenoxy) is 3. The molecule has 8 nitrogen and oxygen atoms in total. The summed E-state index contributed by atoms with van der Waals surface area (Å²) in [5.74, 6) is -2.54. The van der Waals surface area contributed by atoms with Crippen LogP contribution in [0.5, 0.6) is 0 Å². The molecule has 0 spiro atoms. The lowest BCUT2D eigenvalue weighted by Crippen LogP contribution is -2.31. The van der Waals surface area contributed by atoms with Gasteiger partial charge in [-0.25, -0.2) is 0 Å². The molecule has 8 heteroatoms. The van der Waals surface area contributed by atoms with E-state index in [-0.39, 0.29) is 38.4 Å². The summed E-state index contributed by atoms with van der Waals surface area (Å²) in [6, 6.07) is 0. The van der Waals surface area contributed by atoms with Crippen molar-refractivity contribution < 1.29 is 38.5 Å². The average Bonchev–Trinajstić information content (AvgIpc) is 3.17. The van der Waals surface area contributed by atoms with E-state index in [9.17, 15) is 19.2 Å². The van der Waals surface area contributed by atoms with Gasteiger partial charge in [0.25, 0.3) is 0 Å². The van der Waals surface area contributed by atoms with Gasteiger partial charge in [0.2, 0.25) is 0 Å². The molecular weight excluding hydrogens is 693 g/mol. The number of carboxylic acids is 1. The van der Waals surface area contributed by atoms with Crippen LogP contribution in [0.3, 0.4) is 0 Å². The van der Waals surface area contributed by atoms with Gasteiger partial charge in [-0.3, -0.25) is 19.2 Å². The maximum Gasteiger partial charge on any atom is 0.306 e. The molecule has 0 aromatic carbocycles. The molecule has 1 atom stereocenters. The van der Waals surface area contributed by atoms with Crippen LogP contribution in [-0.2, 0) is 33.4 Å². The molecule has 0 unspecified atom stereocenters. The molecule has 0 aromatic rings. The Morgan fingerprint density at radius 1 is 0.345 bits per heavy atom. The Balaban J connectivity index is 4.02. The lowest BCUT2D eigenvalue weighted by molar-refractivity contribution is -0.167. The Kier molecular flexibility index (Phi) is 41.4. The first-order valence-electron chi connectivity index (χ1n) is 23.6. The number of hydrogen-bond donors (Lipinski definition) is 1. The number of esters is 3. The minimum absolute atomic E-state index is 0.186. The zero-order valence-electron chi connectivity index (χ0n) is 36.2. The highest BCUT2D eigenvalue weighted by Gasteiger charge is 2.20. The van der Waals surface area contributed by atoms with Crippen molar-refractivity contribution in [1.82, 2.24) is 0 Å². The second-order valence-electron chi connectivity index (χ2n) is 16.2. The van der Waals surface area contributed by atoms with E-state index in [1.807, 2.05) is 0 Å². The zero-order chi connectivity index (χ0) is 40.3. The van der Waals surface area contributed by atoms with Gasteiger partial charge in [0.15, 0.2) is 6.10 Å². The summed E-state index contributed by atoms with van der Waals surface area (Å²) >= 11 is 0. The maximum absolute atomic E-state index is 12.6. The van der Waals surface area contributed by atoms with Crippen molar-refractivity contribution in [2.45, 2.75) is 264 Å². The van der Waals surface area contributed by atoms with Crippen molar-refractivity contribution in [2.24, 2.45) is 0 Å². The van der Waals surface area contributed by atoms with Gasteiger partial charge in [-0.15, -0.1) is 0 Å². The fourth-order valence-electron chi connectivity index (χ4n) is 7.07. The molecule has 0 fully saturated rings. The Hall–Kier alpha value is -2.12. The molecule has 0 saturated carbocycles. The van der Waals surface area contributed by atoms with Crippen LogP contribution in [0, 0.1) is 0 Å². The lowest BCUT2D eigenvalue weighted by Gasteiger charge is -2.18. The number of carbonyl (C=O) groups is 4. The van der Waals surface area contributed by atoms with Crippen LogP contribution in [0.1, 0.15) is 258 Å². The van der Waals surface area contributed by atoms with Crippen LogP contribution < -0.4 is 0 Å². The van der Waals surface area contributed by atoms with Crippen molar-refractivity contribution in [3.8, 4) is 0 Å². The Labute approximate surface area is 338 Å². The molecule has 0 heterocycles. The molecule has 0 aromatic heterocycles. The third-order valence-electron chi connectivity index (χ3n) is 10.7. The molecule has 0 rings (SSSR count). The van der Waals surface area contributed by atoms with Crippen molar-refractivity contribution in [3.63, 3.8) is 0 Å². The number of carbonyl (C=O) groups excluding carboxylic acids is 3. The fraction of sp³-hybridized carbons (Fsp3) is 0.915. The lowest BCUT2D eigenvalue weighted by atomic mass is 10.0. The molecule has 0 amide bonds. The van der Waals surface area contributed by atoms with Crippen LogP contribution >= 0.6 is 0 Å². The van der Waals surface area contributed by atoms with Crippen molar-refractivity contribution in [1.29, 1.82) is 0 Å². The quantitative estimate of drug-likeness (QED) is 0.0369. The van der Waals surface area contributed by atoms with Crippen LogP contribution in [0.4, 0.5) is 0 Å². The summed E-state index contributed by atoms with van der Waals surface area (Å²) in [7, 11) is 0. The van der Waals surface area contributed by atoms with Gasteiger partial charge in [0, 0.05) is 12.8 Å². The third-order valence-corrected chi connectivity index (χ3v) is 10.7. The number of carboxylic acid groups (broad SMARTS) is 1. The minimum Gasteiger partial charge on any atom is -0.481 e. The van der Waals surface area contributed by atoms with E-state index in [0.717, 1.165) is 38.5 Å². The normalized spacial score (nSPS) is 11.7. The molecule has 0 aliphatic rings. The van der Waals surface area contributed by atoms with Crippen LogP contribution in [0.25, 0.3) is 0 Å². The largest absolute Gasteiger partial charge is 0.481 e. The molecule has 0 saturated heterocycles. The number of hydrogen-bond acceptors (Lipinski definition) is 7. The Bertz CT molecular complexity index is 875. The predicted octanol–water partition coefficient (Wildman–Crippen LogP) is 13.9. The standard InChI is InChI=1S/C47H88O8/c1-3-5-7-9-11-13-15-17-19-21-23-25-27-29-31-33-35-37-45(50)53-41-43(42-54-46(51)40-39-44(48)49)55-47(52)38-36-34-32-30-28-26-24-22-20-18-16-14-12-10-8-6-4-2/h43H,3-42H2,1-2H3,(H,48,49)/t43-/m1/s1. The van der Waals surface area contributed by atoms with Crippen LogP contribution in [-0.4, -0.2) is 48.3 Å². The van der Waals surface area contributed by atoms with E-state index in [4.69, 9.17) is 19.3 Å². The SMILES string of the molecule is CCCCCCCCCCCCCCCCCCCC(=O)OC[C@H](COC(=O)CCC(=O)O)OC(=O)CCCCCCCCCCCCCCCCCCC. The second-order valence-corrected chi connectivity index (χ2v) is 16.2. The fourth-order valence-corrected chi connectivity index (χ4v) is 7.07. The second kappa shape index (κ2) is 43.0. The van der Waals surface area contributed by atoms with E-state index in [0.29, 0.717) is 6.42 Å². The average molecular weight is 781 g/mol. The molecule has 0 aliphatic heterocycles. The highest BCUT2D eigenvalue weighted by atomic mass is 16.6. The van der Waals surface area contributed by atoms with Gasteiger partial charge in [0.05, 0.1) is 12.8 Å². The summed E-state index contributed by atoms with van der Waals surface area (Å²) in [4.78, 5) is 47.8. The van der Waals surface area contributed by atoms with Gasteiger partial charge < -0.3 is 19.3 Å². The van der Waals surface area contributed by atoms with Gasteiger partial charge >= 0.3 is 23.9 Å². The molecular formula is C47H88O8. The monoisotopic (exact) mass is 781 g/mol. The summed E-state index contributed by atoms with van der Waals surface area (Å²) < 4.78 is 16.1. The van der Waals surface area contributed by atoms with E-state index >= 15 is 0 Å². The minimum atomic E-state index is -1.09. The molecule has 0 aliphatic carbocycles. The first-order chi connectivity index (χ1) is 26.9. The molecule has 1 N–H and O–H groups in total. The van der Waals surface area contributed by atoms with E-state index < -0.39 is 24.0 Å². The van der Waals surface area contributed by atoms with Crippen LogP contribution in [0.15, 0.2) is 0 Å². The Morgan fingerprint density at radius 2 is 0.600 bits per heavy atom. The van der Waals surface area contributed by atoms with Crippen molar-refractivity contribution in [3.05, 3.63) is 0 Å². The summed E-state index contributed by atoms with van der Waals surface area (Å²) in [6.45, 7) is 4.08. The highest BCUT2D eigenvalue weighted by molar-refractivity contribution is 5.76. The first kappa shape index (κ1) is 52.9. The molecule has 324 valence electrons. The van der Waals surface area contributed by atoms with Gasteiger partial charge in [-0.2, -0.15) is 0 Å². The number of rotatable bonds is 44. The third kappa shape index (κ3) is 42.9. The maximum atomic E-state index is 12.6. The Morgan fingerprint density at radius 3 is 0.891 bits per heavy atom. The summed E-state index contributed by atoms with van der Waals surface area (Å²) in [5.41, 5.74) is 0. The molecule has 0 bridgehead atoms. The zero-order valence-corrected chi connectivity index (χ0v) is 36.2. The molecule has 0 radical (unpaired) electrons. The van der Waals surface area contributed by atoms with Crippen molar-refractivity contribution >= 4 is 23.9 Å². The predicted molar refractivity (Wildman–Crippen MR) is 226 cm³/mol. The summed E-state index contributed by atoms with van der Waals surface area (Å²) in [5, 5.41) is 8.83. The number of aliphatic carboxylic acids is 1. The van der Waals surface area contributed by atoms with Gasteiger partial charge in [-0.05, 0) is 12.8 Å². The van der Waals surface area contributed by atoms with Crippen LogP contribution in [0.2, 0.25) is 0 Å². The summed E-state index contributed by atoms with van der Waals surface area (Å²) in [6.07, 6.45) is 42.3. The van der Waals surface area contributed by atoms with Gasteiger partial charge in [-0.1, -0.05) is 219 Å². The molecule has 55 heavy (non-hydrogen) atoms. The van der Waals surface area contributed by atoms with Gasteiger partial charge in [0.1, 0.15) is 13.2 Å².